The fourth-order valence-corrected chi connectivity index (χ4v) is 1.31. The number of nitrogens with two attached hydrogens (primary N) is 1. The lowest BCUT2D eigenvalue weighted by Crippen LogP contribution is -2.08. The highest BCUT2D eigenvalue weighted by Gasteiger charge is 2.07. The lowest BCUT2D eigenvalue weighted by atomic mass is 10.1. The third-order valence-corrected chi connectivity index (χ3v) is 2.68. The third kappa shape index (κ3) is 3.42. The van der Waals surface area contributed by atoms with Crippen LogP contribution in [0.1, 0.15) is 25.8 Å². The van der Waals surface area contributed by atoms with Gasteiger partial charge in [-0.3, -0.25) is 0 Å². The van der Waals surface area contributed by atoms with Crippen LogP contribution in [-0.4, -0.2) is 13.7 Å². The van der Waals surface area contributed by atoms with Crippen LogP contribution in [0.25, 0.3) is 0 Å². The van der Waals surface area contributed by atoms with Gasteiger partial charge in [-0.2, -0.15) is 0 Å². The van der Waals surface area contributed by atoms with Gasteiger partial charge in [0, 0.05) is 6.54 Å². The highest BCUT2D eigenvalue weighted by molar-refractivity contribution is 5.42. The van der Waals surface area contributed by atoms with E-state index in [1.165, 1.54) is 0 Å². The Morgan fingerprint density at radius 2 is 2.06 bits per heavy atom. The maximum Gasteiger partial charge on any atom is 0.161 e. The number of hydrogen-bond acceptors (Lipinski definition) is 3. The Morgan fingerprint density at radius 1 is 1.31 bits per heavy atom. The normalized spacial score (nSPS) is 12.2. The van der Waals surface area contributed by atoms with Crippen LogP contribution in [0, 0.1) is 5.92 Å². The molecule has 0 spiro atoms. The van der Waals surface area contributed by atoms with Crippen LogP contribution < -0.4 is 15.2 Å². The number of hydrogen-bond donors (Lipinski definition) is 1. The molecule has 0 heterocycles. The first-order chi connectivity index (χ1) is 7.71. The topological polar surface area (TPSA) is 44.5 Å². The van der Waals surface area contributed by atoms with Crippen LogP contribution in [0.3, 0.4) is 0 Å². The molecule has 1 aromatic rings. The average Bonchev–Trinajstić information content (AvgIpc) is 2.35. The van der Waals surface area contributed by atoms with Gasteiger partial charge in [0.15, 0.2) is 11.5 Å². The van der Waals surface area contributed by atoms with Crippen molar-refractivity contribution in [2.24, 2.45) is 11.7 Å². The largest absolute Gasteiger partial charge is 0.493 e. The van der Waals surface area contributed by atoms with Gasteiger partial charge in [0.1, 0.15) is 0 Å². The van der Waals surface area contributed by atoms with E-state index >= 15 is 0 Å². The zero-order valence-corrected chi connectivity index (χ0v) is 10.3. The number of methoxy groups -OCH3 is 1. The van der Waals surface area contributed by atoms with E-state index in [-0.39, 0.29) is 0 Å². The summed E-state index contributed by atoms with van der Waals surface area (Å²) in [6, 6.07) is 5.81. The van der Waals surface area contributed by atoms with Crippen LogP contribution >= 0.6 is 0 Å². The Kier molecular flexibility index (Phi) is 5.12. The Bertz CT molecular complexity index is 326. The summed E-state index contributed by atoms with van der Waals surface area (Å²) in [7, 11) is 1.64. The Hall–Kier alpha value is -1.22. The molecule has 0 amide bonds. The fraction of sp³-hybridized carbons (Fsp3) is 0.538. The van der Waals surface area contributed by atoms with Gasteiger partial charge in [0.2, 0.25) is 0 Å². The predicted octanol–water partition coefficient (Wildman–Crippen LogP) is 2.58. The van der Waals surface area contributed by atoms with Gasteiger partial charge in [-0.05, 0) is 23.6 Å². The molecule has 0 saturated heterocycles. The SMILES string of the molecule is CCC(C)COc1ccc(CN)cc1OC. The summed E-state index contributed by atoms with van der Waals surface area (Å²) >= 11 is 0. The summed E-state index contributed by atoms with van der Waals surface area (Å²) in [5.74, 6) is 2.10. The zero-order chi connectivity index (χ0) is 12.0. The minimum atomic E-state index is 0.516. The van der Waals surface area contributed by atoms with Crippen molar-refractivity contribution in [3.63, 3.8) is 0 Å². The summed E-state index contributed by atoms with van der Waals surface area (Å²) in [6.07, 6.45) is 1.11. The summed E-state index contributed by atoms with van der Waals surface area (Å²) in [4.78, 5) is 0. The molecule has 3 nitrogen and oxygen atoms in total. The van der Waals surface area contributed by atoms with Crippen molar-refractivity contribution in [3.05, 3.63) is 23.8 Å². The van der Waals surface area contributed by atoms with E-state index in [2.05, 4.69) is 13.8 Å². The van der Waals surface area contributed by atoms with Gasteiger partial charge in [-0.25, -0.2) is 0 Å². The summed E-state index contributed by atoms with van der Waals surface area (Å²) < 4.78 is 11.0. The van der Waals surface area contributed by atoms with Crippen molar-refractivity contribution >= 4 is 0 Å². The molecular weight excluding hydrogens is 202 g/mol. The van der Waals surface area contributed by atoms with E-state index in [1.807, 2.05) is 18.2 Å². The molecule has 1 rings (SSSR count). The molecule has 1 aromatic carbocycles. The highest BCUT2D eigenvalue weighted by atomic mass is 16.5. The van der Waals surface area contributed by atoms with E-state index in [9.17, 15) is 0 Å². The molecule has 0 fully saturated rings. The quantitative estimate of drug-likeness (QED) is 0.806. The molecule has 0 aromatic heterocycles. The molecule has 0 aliphatic heterocycles. The Morgan fingerprint density at radius 3 is 2.62 bits per heavy atom. The minimum absolute atomic E-state index is 0.516. The van der Waals surface area contributed by atoms with Gasteiger partial charge in [-0.15, -0.1) is 0 Å². The Balaban J connectivity index is 2.71. The van der Waals surface area contributed by atoms with Crippen LogP contribution in [0.5, 0.6) is 11.5 Å². The minimum Gasteiger partial charge on any atom is -0.493 e. The van der Waals surface area contributed by atoms with Crippen LogP contribution in [0.2, 0.25) is 0 Å². The lowest BCUT2D eigenvalue weighted by molar-refractivity contribution is 0.244. The maximum atomic E-state index is 5.71. The van der Waals surface area contributed by atoms with Gasteiger partial charge in [0.25, 0.3) is 0 Å². The number of ether oxygens (including phenoxy) is 2. The molecule has 0 radical (unpaired) electrons. The van der Waals surface area contributed by atoms with Crippen molar-refractivity contribution in [1.29, 1.82) is 0 Å². The van der Waals surface area contributed by atoms with Gasteiger partial charge >= 0.3 is 0 Å². The molecule has 3 heteroatoms. The molecule has 1 unspecified atom stereocenters. The van der Waals surface area contributed by atoms with Crippen LogP contribution in [-0.2, 0) is 6.54 Å². The average molecular weight is 223 g/mol. The smallest absolute Gasteiger partial charge is 0.161 e. The molecule has 16 heavy (non-hydrogen) atoms. The second-order valence-electron chi connectivity index (χ2n) is 4.01. The van der Waals surface area contributed by atoms with Gasteiger partial charge < -0.3 is 15.2 Å². The van der Waals surface area contributed by atoms with Crippen molar-refractivity contribution < 1.29 is 9.47 Å². The molecule has 0 aliphatic carbocycles. The molecule has 2 N–H and O–H groups in total. The molecule has 0 bridgehead atoms. The molecule has 0 saturated carbocycles. The van der Waals surface area contributed by atoms with Crippen molar-refractivity contribution in [2.45, 2.75) is 26.8 Å². The molecule has 1 atom stereocenters. The highest BCUT2D eigenvalue weighted by Crippen LogP contribution is 2.28. The first-order valence-electron chi connectivity index (χ1n) is 5.71. The Labute approximate surface area is 97.6 Å². The van der Waals surface area contributed by atoms with Gasteiger partial charge in [-0.1, -0.05) is 26.3 Å². The number of rotatable bonds is 6. The summed E-state index contributed by atoms with van der Waals surface area (Å²) in [6.45, 7) is 5.56. The second-order valence-corrected chi connectivity index (χ2v) is 4.01. The van der Waals surface area contributed by atoms with Crippen LogP contribution in [0.15, 0.2) is 18.2 Å². The summed E-state index contributed by atoms with van der Waals surface area (Å²) in [5, 5.41) is 0. The standard InChI is InChI=1S/C13H21NO2/c1-4-10(2)9-16-12-6-5-11(8-14)7-13(12)15-3/h5-7,10H,4,8-9,14H2,1-3H3. The predicted molar refractivity (Wildman–Crippen MR) is 65.8 cm³/mol. The monoisotopic (exact) mass is 223 g/mol. The lowest BCUT2D eigenvalue weighted by Gasteiger charge is -2.14. The van der Waals surface area contributed by atoms with Crippen molar-refractivity contribution in [1.82, 2.24) is 0 Å². The van der Waals surface area contributed by atoms with Crippen molar-refractivity contribution in [3.8, 4) is 11.5 Å². The van der Waals surface area contributed by atoms with Gasteiger partial charge in [0.05, 0.1) is 13.7 Å². The first kappa shape index (κ1) is 12.8. The van der Waals surface area contributed by atoms with Crippen molar-refractivity contribution in [2.75, 3.05) is 13.7 Å². The maximum absolute atomic E-state index is 5.71. The van der Waals surface area contributed by atoms with E-state index in [4.69, 9.17) is 15.2 Å². The van der Waals surface area contributed by atoms with Crippen LogP contribution in [0.4, 0.5) is 0 Å². The number of benzene rings is 1. The summed E-state index contributed by atoms with van der Waals surface area (Å²) in [5.41, 5.74) is 6.62. The van der Waals surface area contributed by atoms with E-state index < -0.39 is 0 Å². The van der Waals surface area contributed by atoms with E-state index in [0.717, 1.165) is 30.1 Å². The molecule has 0 aliphatic rings. The van der Waals surface area contributed by atoms with E-state index in [1.54, 1.807) is 7.11 Å². The van der Waals surface area contributed by atoms with E-state index in [0.29, 0.717) is 12.5 Å². The molecular formula is C13H21NO2. The third-order valence-electron chi connectivity index (χ3n) is 2.68. The first-order valence-corrected chi connectivity index (χ1v) is 5.71. The second kappa shape index (κ2) is 6.38. The molecule has 90 valence electrons. The zero-order valence-electron chi connectivity index (χ0n) is 10.3. The fourth-order valence-electron chi connectivity index (χ4n) is 1.31.